The Morgan fingerprint density at radius 3 is 1.47 bits per heavy atom. The molecule has 15 heavy (non-hydrogen) atoms. The summed E-state index contributed by atoms with van der Waals surface area (Å²) in [6.07, 6.45) is 0. The molecule has 0 atom stereocenters. The van der Waals surface area contributed by atoms with Crippen molar-refractivity contribution in [2.45, 2.75) is 64.1 Å². The molecule has 0 fully saturated rings. The summed E-state index contributed by atoms with van der Waals surface area (Å²) in [6, 6.07) is 1.17. The zero-order chi connectivity index (χ0) is 11.8. The lowest BCUT2D eigenvalue weighted by atomic mass is 10.3. The van der Waals surface area contributed by atoms with Crippen molar-refractivity contribution in [1.29, 1.82) is 0 Å². The van der Waals surface area contributed by atoms with E-state index in [1.807, 2.05) is 0 Å². The summed E-state index contributed by atoms with van der Waals surface area (Å²) >= 11 is 2.06. The Hall–Kier alpha value is 0.270. The zero-order valence-electron chi connectivity index (χ0n) is 11.1. The average Bonchev–Trinajstić information content (AvgIpc) is 2.08. The van der Waals surface area contributed by atoms with Gasteiger partial charge in [-0.05, 0) is 5.25 Å². The van der Waals surface area contributed by atoms with Crippen LogP contribution in [0.4, 0.5) is 0 Å². The fourth-order valence-electron chi connectivity index (χ4n) is 1.29. The van der Waals surface area contributed by atoms with Gasteiger partial charge in [-0.1, -0.05) is 41.5 Å². The lowest BCUT2D eigenvalue weighted by Crippen LogP contribution is -2.39. The highest BCUT2D eigenvalue weighted by Crippen LogP contribution is 2.16. The normalized spacial score (nSPS) is 12.4. The second-order valence-corrected chi connectivity index (χ2v) is 6.81. The van der Waals surface area contributed by atoms with E-state index in [-0.39, 0.29) is 0 Å². The van der Waals surface area contributed by atoms with E-state index in [2.05, 4.69) is 63.9 Å². The molecule has 2 nitrogen and oxygen atoms in total. The molecule has 0 aromatic carbocycles. The Balaban J connectivity index is 3.84. The number of hydrogen-bond acceptors (Lipinski definition) is 3. The van der Waals surface area contributed by atoms with Crippen LogP contribution < -0.4 is 10.6 Å². The molecule has 0 aromatic heterocycles. The van der Waals surface area contributed by atoms with Gasteiger partial charge in [-0.3, -0.25) is 0 Å². The summed E-state index contributed by atoms with van der Waals surface area (Å²) in [6.45, 7) is 15.5. The summed E-state index contributed by atoms with van der Waals surface area (Å²) in [4.78, 5) is 0. The average molecular weight is 232 g/mol. The van der Waals surface area contributed by atoms with Gasteiger partial charge in [0.25, 0.3) is 0 Å². The molecular weight excluding hydrogens is 204 g/mol. The molecule has 0 spiro atoms. The standard InChI is InChI=1S/C12H28N2S/c1-9(2)13-7-12(15-11(5)6)8-14-10(3)4/h9-14H,7-8H2,1-6H3. The Kier molecular flexibility index (Phi) is 8.58. The zero-order valence-corrected chi connectivity index (χ0v) is 11.9. The van der Waals surface area contributed by atoms with Crippen LogP contribution in [-0.4, -0.2) is 35.7 Å². The molecule has 2 N–H and O–H groups in total. The monoisotopic (exact) mass is 232 g/mol. The van der Waals surface area contributed by atoms with Crippen molar-refractivity contribution in [1.82, 2.24) is 10.6 Å². The van der Waals surface area contributed by atoms with Crippen molar-refractivity contribution in [2.75, 3.05) is 13.1 Å². The van der Waals surface area contributed by atoms with Crippen molar-refractivity contribution >= 4 is 11.8 Å². The van der Waals surface area contributed by atoms with Crippen LogP contribution >= 0.6 is 11.8 Å². The van der Waals surface area contributed by atoms with Gasteiger partial charge in [0.15, 0.2) is 0 Å². The maximum Gasteiger partial charge on any atom is 0.0299 e. The lowest BCUT2D eigenvalue weighted by Gasteiger charge is -2.22. The molecule has 0 aliphatic rings. The maximum atomic E-state index is 3.51. The molecule has 0 aliphatic carbocycles. The molecular formula is C12H28N2S. The summed E-state index contributed by atoms with van der Waals surface area (Å²) in [5.41, 5.74) is 0. The van der Waals surface area contributed by atoms with Gasteiger partial charge in [-0.25, -0.2) is 0 Å². The van der Waals surface area contributed by atoms with Gasteiger partial charge >= 0.3 is 0 Å². The minimum absolute atomic E-state index is 0.583. The Labute approximate surface area is 100.0 Å². The summed E-state index contributed by atoms with van der Waals surface area (Å²) in [5, 5.41) is 8.41. The first kappa shape index (κ1) is 15.3. The van der Waals surface area contributed by atoms with Crippen LogP contribution in [0.25, 0.3) is 0 Å². The minimum Gasteiger partial charge on any atom is -0.313 e. The van der Waals surface area contributed by atoms with Crippen LogP contribution in [-0.2, 0) is 0 Å². The predicted octanol–water partition coefficient (Wildman–Crippen LogP) is 2.49. The van der Waals surface area contributed by atoms with Gasteiger partial charge in [-0.2, -0.15) is 11.8 Å². The largest absolute Gasteiger partial charge is 0.313 e. The van der Waals surface area contributed by atoms with Crippen LogP contribution in [0.5, 0.6) is 0 Å². The van der Waals surface area contributed by atoms with Gasteiger partial charge in [0.05, 0.1) is 0 Å². The van der Waals surface area contributed by atoms with E-state index in [4.69, 9.17) is 0 Å². The van der Waals surface area contributed by atoms with Crippen LogP contribution in [0.2, 0.25) is 0 Å². The predicted molar refractivity (Wildman–Crippen MR) is 72.8 cm³/mol. The van der Waals surface area contributed by atoms with E-state index in [1.165, 1.54) is 0 Å². The van der Waals surface area contributed by atoms with Gasteiger partial charge in [0.1, 0.15) is 0 Å². The van der Waals surface area contributed by atoms with E-state index < -0.39 is 0 Å². The Morgan fingerprint density at radius 1 is 0.800 bits per heavy atom. The molecule has 0 aromatic rings. The number of hydrogen-bond donors (Lipinski definition) is 2. The third kappa shape index (κ3) is 10.6. The Bertz CT molecular complexity index is 135. The van der Waals surface area contributed by atoms with Crippen molar-refractivity contribution in [2.24, 2.45) is 0 Å². The van der Waals surface area contributed by atoms with Crippen molar-refractivity contribution < 1.29 is 0 Å². The van der Waals surface area contributed by atoms with E-state index in [1.54, 1.807) is 0 Å². The molecule has 0 rings (SSSR count). The highest BCUT2D eigenvalue weighted by molar-refractivity contribution is 8.00. The third-order valence-corrected chi connectivity index (χ3v) is 3.23. The van der Waals surface area contributed by atoms with E-state index in [0.717, 1.165) is 13.1 Å². The van der Waals surface area contributed by atoms with E-state index >= 15 is 0 Å². The lowest BCUT2D eigenvalue weighted by molar-refractivity contribution is 0.530. The molecule has 0 heterocycles. The van der Waals surface area contributed by atoms with Gasteiger partial charge < -0.3 is 10.6 Å². The highest BCUT2D eigenvalue weighted by Gasteiger charge is 2.11. The van der Waals surface area contributed by atoms with Crippen molar-refractivity contribution in [3.8, 4) is 0 Å². The van der Waals surface area contributed by atoms with Crippen LogP contribution in [0.1, 0.15) is 41.5 Å². The van der Waals surface area contributed by atoms with Crippen molar-refractivity contribution in [3.05, 3.63) is 0 Å². The molecule has 0 aliphatic heterocycles. The topological polar surface area (TPSA) is 24.1 Å². The second-order valence-electron chi connectivity index (χ2n) is 4.93. The smallest absolute Gasteiger partial charge is 0.0299 e. The Morgan fingerprint density at radius 2 is 1.20 bits per heavy atom. The SMILES string of the molecule is CC(C)NCC(CNC(C)C)SC(C)C. The molecule has 0 amide bonds. The molecule has 3 heteroatoms. The molecule has 0 bridgehead atoms. The highest BCUT2D eigenvalue weighted by atomic mass is 32.2. The van der Waals surface area contributed by atoms with E-state index in [0.29, 0.717) is 22.6 Å². The minimum atomic E-state index is 0.583. The first-order valence-corrected chi connectivity index (χ1v) is 6.98. The molecule has 0 unspecified atom stereocenters. The quantitative estimate of drug-likeness (QED) is 0.672. The fourth-order valence-corrected chi connectivity index (χ4v) is 2.44. The number of nitrogens with one attached hydrogen (secondary N) is 2. The maximum absolute atomic E-state index is 3.51. The number of thioether (sulfide) groups is 1. The summed E-state index contributed by atoms with van der Waals surface area (Å²) < 4.78 is 0. The van der Waals surface area contributed by atoms with Crippen LogP contribution in [0.15, 0.2) is 0 Å². The van der Waals surface area contributed by atoms with E-state index in [9.17, 15) is 0 Å². The van der Waals surface area contributed by atoms with Crippen LogP contribution in [0, 0.1) is 0 Å². The van der Waals surface area contributed by atoms with Gasteiger partial charge in [0, 0.05) is 30.4 Å². The fraction of sp³-hybridized carbons (Fsp3) is 1.00. The molecule has 0 saturated carbocycles. The second kappa shape index (κ2) is 8.43. The van der Waals surface area contributed by atoms with Crippen LogP contribution in [0.3, 0.4) is 0 Å². The molecule has 0 radical (unpaired) electrons. The molecule has 0 saturated heterocycles. The van der Waals surface area contributed by atoms with Gasteiger partial charge in [-0.15, -0.1) is 0 Å². The summed E-state index contributed by atoms with van der Waals surface area (Å²) in [5.74, 6) is 0. The van der Waals surface area contributed by atoms with Crippen molar-refractivity contribution in [3.63, 3.8) is 0 Å². The first-order chi connectivity index (χ1) is 6.91. The van der Waals surface area contributed by atoms with Gasteiger partial charge in [0.2, 0.25) is 0 Å². The third-order valence-electron chi connectivity index (χ3n) is 1.97. The first-order valence-electron chi connectivity index (χ1n) is 6.04. The summed E-state index contributed by atoms with van der Waals surface area (Å²) in [7, 11) is 0. The number of rotatable bonds is 8. The molecule has 92 valence electrons.